The van der Waals surface area contributed by atoms with Crippen LogP contribution in [0, 0.1) is 0 Å². The number of nitrogens with two attached hydrogens (primary N) is 1. The van der Waals surface area contributed by atoms with Crippen molar-refractivity contribution in [1.82, 2.24) is 5.32 Å². The van der Waals surface area contributed by atoms with Gasteiger partial charge in [-0.25, -0.2) is 4.79 Å². The topological polar surface area (TPSA) is 102 Å². The summed E-state index contributed by atoms with van der Waals surface area (Å²) in [5, 5.41) is 12.3. The summed E-state index contributed by atoms with van der Waals surface area (Å²) in [5.41, 5.74) is 3.72. The smallest absolute Gasteiger partial charge is 0.359 e. The fraction of sp³-hybridized carbons (Fsp3) is 0.333. The van der Waals surface area contributed by atoms with Crippen LogP contribution < -0.4 is 11.1 Å². The van der Waals surface area contributed by atoms with Crippen LogP contribution >= 0.6 is 0 Å². The Bertz CT molecular complexity index is 421. The van der Waals surface area contributed by atoms with E-state index in [4.69, 9.17) is 5.73 Å². The van der Waals surface area contributed by atoms with Crippen molar-refractivity contribution in [3.8, 4) is 0 Å². The highest BCUT2D eigenvalue weighted by molar-refractivity contribution is 5.87. The Labute approximate surface area is 105 Å². The van der Waals surface area contributed by atoms with E-state index in [2.05, 4.69) is 10.1 Å². The van der Waals surface area contributed by atoms with Gasteiger partial charge in [-0.2, -0.15) is 0 Å². The Morgan fingerprint density at radius 3 is 2.50 bits per heavy atom. The van der Waals surface area contributed by atoms with E-state index in [9.17, 15) is 14.7 Å². The van der Waals surface area contributed by atoms with E-state index in [1.807, 2.05) is 0 Å². The largest absolute Gasteiger partial charge is 0.465 e. The summed E-state index contributed by atoms with van der Waals surface area (Å²) in [6, 6.07) is 8.78. The van der Waals surface area contributed by atoms with Gasteiger partial charge in [-0.05, 0) is 5.56 Å². The number of benzene rings is 1. The molecule has 1 aromatic carbocycles. The molecule has 0 aliphatic rings. The summed E-state index contributed by atoms with van der Waals surface area (Å²) in [5.74, 6) is -1.58. The van der Waals surface area contributed by atoms with Gasteiger partial charge < -0.3 is 20.9 Å². The van der Waals surface area contributed by atoms with Crippen molar-refractivity contribution in [3.05, 3.63) is 35.9 Å². The van der Waals surface area contributed by atoms with Gasteiger partial charge in [-0.3, -0.25) is 4.79 Å². The van der Waals surface area contributed by atoms with Crippen molar-refractivity contribution in [1.29, 1.82) is 0 Å². The average Bonchev–Trinajstić information content (AvgIpc) is 2.38. The van der Waals surface area contributed by atoms with Crippen LogP contribution in [0.1, 0.15) is 5.56 Å². The van der Waals surface area contributed by atoms with E-state index in [-0.39, 0.29) is 13.0 Å². The van der Waals surface area contributed by atoms with Crippen molar-refractivity contribution in [2.75, 3.05) is 13.7 Å². The summed E-state index contributed by atoms with van der Waals surface area (Å²) in [6.07, 6.45) is -0.0910. The van der Waals surface area contributed by atoms with E-state index in [0.717, 1.165) is 7.11 Å². The average molecular weight is 252 g/mol. The molecule has 1 atom stereocenters. The van der Waals surface area contributed by atoms with Crippen LogP contribution in [0.2, 0.25) is 0 Å². The van der Waals surface area contributed by atoms with E-state index in [1.54, 1.807) is 30.3 Å². The number of hydrogen-bond acceptors (Lipinski definition) is 5. The SMILES string of the molecule is COC(=O)C(O)(Cc1ccccc1)NC(=O)CN. The van der Waals surface area contributed by atoms with E-state index in [0.29, 0.717) is 5.56 Å². The van der Waals surface area contributed by atoms with Crippen LogP contribution in [0.25, 0.3) is 0 Å². The number of hydrogen-bond donors (Lipinski definition) is 3. The van der Waals surface area contributed by atoms with Gasteiger partial charge in [0.05, 0.1) is 13.7 Å². The molecule has 0 saturated heterocycles. The molecular formula is C12H16N2O4. The third kappa shape index (κ3) is 3.54. The number of methoxy groups -OCH3 is 1. The first-order valence-electron chi connectivity index (χ1n) is 5.37. The summed E-state index contributed by atoms with van der Waals surface area (Å²) >= 11 is 0. The van der Waals surface area contributed by atoms with Crippen LogP contribution in [0.3, 0.4) is 0 Å². The number of amides is 1. The lowest BCUT2D eigenvalue weighted by atomic mass is 10.0. The van der Waals surface area contributed by atoms with Gasteiger partial charge >= 0.3 is 5.97 Å². The normalized spacial score (nSPS) is 13.5. The Morgan fingerprint density at radius 1 is 1.39 bits per heavy atom. The second kappa shape index (κ2) is 6.13. The molecule has 98 valence electrons. The van der Waals surface area contributed by atoms with Gasteiger partial charge in [0.15, 0.2) is 0 Å². The number of esters is 1. The quantitative estimate of drug-likeness (QED) is 0.469. The molecule has 4 N–H and O–H groups in total. The van der Waals surface area contributed by atoms with Crippen molar-refractivity contribution in [3.63, 3.8) is 0 Å². The molecule has 1 rings (SSSR count). The van der Waals surface area contributed by atoms with Gasteiger partial charge in [0.25, 0.3) is 0 Å². The molecule has 0 aromatic heterocycles. The predicted octanol–water partition coefficient (Wildman–Crippen LogP) is -0.834. The maximum atomic E-state index is 11.6. The Balaban J connectivity index is 2.91. The summed E-state index contributed by atoms with van der Waals surface area (Å²) in [4.78, 5) is 22.8. The van der Waals surface area contributed by atoms with Gasteiger partial charge in [0.1, 0.15) is 0 Å². The molecular weight excluding hydrogens is 236 g/mol. The number of aliphatic hydroxyl groups is 1. The first-order valence-corrected chi connectivity index (χ1v) is 5.37. The van der Waals surface area contributed by atoms with E-state index < -0.39 is 17.6 Å². The number of carbonyl (C=O) groups is 2. The molecule has 6 nitrogen and oxygen atoms in total. The number of carbonyl (C=O) groups excluding carboxylic acids is 2. The second-order valence-corrected chi connectivity index (χ2v) is 3.77. The fourth-order valence-electron chi connectivity index (χ4n) is 1.51. The van der Waals surface area contributed by atoms with E-state index >= 15 is 0 Å². The fourth-order valence-corrected chi connectivity index (χ4v) is 1.51. The van der Waals surface area contributed by atoms with Crippen molar-refractivity contribution in [2.24, 2.45) is 5.73 Å². The van der Waals surface area contributed by atoms with E-state index in [1.165, 1.54) is 0 Å². The lowest BCUT2D eigenvalue weighted by Gasteiger charge is -2.26. The zero-order valence-corrected chi connectivity index (χ0v) is 10.1. The van der Waals surface area contributed by atoms with Gasteiger partial charge in [-0.15, -0.1) is 0 Å². The lowest BCUT2D eigenvalue weighted by molar-refractivity contribution is -0.168. The molecule has 1 unspecified atom stereocenters. The molecule has 18 heavy (non-hydrogen) atoms. The van der Waals surface area contributed by atoms with Crippen LogP contribution in [-0.4, -0.2) is 36.4 Å². The third-order valence-electron chi connectivity index (χ3n) is 2.36. The van der Waals surface area contributed by atoms with Gasteiger partial charge in [0.2, 0.25) is 11.6 Å². The van der Waals surface area contributed by atoms with Crippen molar-refractivity contribution in [2.45, 2.75) is 12.1 Å². The predicted molar refractivity (Wildman–Crippen MR) is 64.3 cm³/mol. The minimum atomic E-state index is -2.10. The number of rotatable bonds is 5. The number of ether oxygens (including phenoxy) is 1. The van der Waals surface area contributed by atoms with Crippen LogP contribution in [-0.2, 0) is 20.7 Å². The molecule has 0 radical (unpaired) electrons. The lowest BCUT2D eigenvalue weighted by Crippen LogP contribution is -2.57. The molecule has 0 spiro atoms. The molecule has 0 saturated carbocycles. The van der Waals surface area contributed by atoms with Gasteiger partial charge in [-0.1, -0.05) is 30.3 Å². The van der Waals surface area contributed by atoms with Crippen LogP contribution in [0.15, 0.2) is 30.3 Å². The Morgan fingerprint density at radius 2 is 2.00 bits per heavy atom. The zero-order chi connectivity index (χ0) is 13.6. The van der Waals surface area contributed by atoms with Crippen molar-refractivity contribution >= 4 is 11.9 Å². The molecule has 0 bridgehead atoms. The molecule has 6 heteroatoms. The first-order chi connectivity index (χ1) is 8.51. The highest BCUT2D eigenvalue weighted by Gasteiger charge is 2.38. The minimum absolute atomic E-state index is 0.0910. The maximum Gasteiger partial charge on any atom is 0.359 e. The summed E-state index contributed by atoms with van der Waals surface area (Å²) < 4.78 is 4.49. The highest BCUT2D eigenvalue weighted by atomic mass is 16.5. The Hall–Kier alpha value is -1.92. The Kier molecular flexibility index (Phi) is 4.82. The van der Waals surface area contributed by atoms with Crippen molar-refractivity contribution < 1.29 is 19.4 Å². The monoisotopic (exact) mass is 252 g/mol. The number of nitrogens with one attached hydrogen (secondary N) is 1. The first kappa shape index (κ1) is 14.1. The highest BCUT2D eigenvalue weighted by Crippen LogP contribution is 2.12. The maximum absolute atomic E-state index is 11.6. The third-order valence-corrected chi connectivity index (χ3v) is 2.36. The minimum Gasteiger partial charge on any atom is -0.465 e. The summed E-state index contributed by atoms with van der Waals surface area (Å²) in [6.45, 7) is -0.325. The standard InChI is InChI=1S/C12H16N2O4/c1-18-11(16)12(17,14-10(15)8-13)7-9-5-3-2-4-6-9/h2-6,17H,7-8,13H2,1H3,(H,14,15). The molecule has 1 aromatic rings. The molecule has 0 aliphatic carbocycles. The second-order valence-electron chi connectivity index (χ2n) is 3.77. The molecule has 0 fully saturated rings. The zero-order valence-electron chi connectivity index (χ0n) is 10.1. The van der Waals surface area contributed by atoms with Crippen LogP contribution in [0.5, 0.6) is 0 Å². The molecule has 1 amide bonds. The van der Waals surface area contributed by atoms with Crippen LogP contribution in [0.4, 0.5) is 0 Å². The molecule has 0 heterocycles. The molecule has 0 aliphatic heterocycles. The summed E-state index contributed by atoms with van der Waals surface area (Å²) in [7, 11) is 1.13. The van der Waals surface area contributed by atoms with Gasteiger partial charge in [0, 0.05) is 6.42 Å².